The van der Waals surface area contributed by atoms with E-state index in [-0.39, 0.29) is 5.65 Å². The van der Waals surface area contributed by atoms with Crippen LogP contribution in [0.2, 0.25) is 0 Å². The maximum Gasteiger partial charge on any atom is 0.417 e. The number of carbonyl (C=O) groups is 1. The van der Waals surface area contributed by atoms with Gasteiger partial charge in [-0.2, -0.15) is 13.2 Å². The van der Waals surface area contributed by atoms with Gasteiger partial charge in [0.05, 0.1) is 11.5 Å². The normalized spacial score (nSPS) is 22.8. The summed E-state index contributed by atoms with van der Waals surface area (Å²) in [5.74, 6) is -1.67. The highest BCUT2D eigenvalue weighted by Crippen LogP contribution is 2.39. The smallest absolute Gasteiger partial charge is 0.417 e. The van der Waals surface area contributed by atoms with Crippen LogP contribution in [0.3, 0.4) is 0 Å². The Hall–Kier alpha value is -2.12. The predicted molar refractivity (Wildman–Crippen MR) is 65.7 cm³/mol. The molecule has 1 fully saturated rings. The second-order valence-corrected chi connectivity index (χ2v) is 5.18. The number of carboxylic acids is 1. The van der Waals surface area contributed by atoms with Gasteiger partial charge in [-0.3, -0.25) is 9.20 Å². The molecule has 2 aromatic rings. The fraction of sp³-hybridized carbons (Fsp3) is 0.462. The average molecular weight is 299 g/mol. The number of hydrogen-bond donors (Lipinski definition) is 1. The summed E-state index contributed by atoms with van der Waals surface area (Å²) in [4.78, 5) is 11.2. The standard InChI is InChI=1S/C13H12F3N3O2/c14-13(15,16)7-4-5-10-17-18-11(19(10)6-7)8-2-1-3-9(8)12(20)21/h4-6,8-9H,1-3H2,(H,20,21). The zero-order valence-corrected chi connectivity index (χ0v) is 10.8. The Morgan fingerprint density at radius 2 is 2.05 bits per heavy atom. The van der Waals surface area contributed by atoms with Crippen molar-refractivity contribution >= 4 is 11.6 Å². The van der Waals surface area contributed by atoms with Crippen molar-refractivity contribution in [3.8, 4) is 0 Å². The van der Waals surface area contributed by atoms with Crippen LogP contribution in [0.4, 0.5) is 13.2 Å². The molecule has 1 N–H and O–H groups in total. The molecule has 0 saturated heterocycles. The van der Waals surface area contributed by atoms with Crippen molar-refractivity contribution in [3.63, 3.8) is 0 Å². The third-order valence-electron chi connectivity index (χ3n) is 3.92. The van der Waals surface area contributed by atoms with E-state index in [0.29, 0.717) is 18.7 Å². The van der Waals surface area contributed by atoms with Crippen LogP contribution in [0, 0.1) is 5.92 Å². The molecule has 0 spiro atoms. The minimum atomic E-state index is -4.46. The van der Waals surface area contributed by atoms with Crippen LogP contribution in [-0.4, -0.2) is 25.7 Å². The van der Waals surface area contributed by atoms with E-state index in [4.69, 9.17) is 0 Å². The number of carboxylic acid groups (broad SMARTS) is 1. The highest BCUT2D eigenvalue weighted by atomic mass is 19.4. The van der Waals surface area contributed by atoms with Gasteiger partial charge in [-0.1, -0.05) is 6.42 Å². The molecule has 0 aliphatic heterocycles. The van der Waals surface area contributed by atoms with Gasteiger partial charge in [-0.15, -0.1) is 10.2 Å². The predicted octanol–water partition coefficient (Wildman–Crippen LogP) is 2.72. The first-order valence-corrected chi connectivity index (χ1v) is 6.52. The van der Waals surface area contributed by atoms with Gasteiger partial charge >= 0.3 is 12.1 Å². The Morgan fingerprint density at radius 3 is 2.71 bits per heavy atom. The lowest BCUT2D eigenvalue weighted by Crippen LogP contribution is -2.19. The van der Waals surface area contributed by atoms with Gasteiger partial charge in [-0.05, 0) is 25.0 Å². The van der Waals surface area contributed by atoms with Crippen LogP contribution >= 0.6 is 0 Å². The van der Waals surface area contributed by atoms with Crippen LogP contribution in [0.15, 0.2) is 18.3 Å². The molecule has 2 atom stereocenters. The number of fused-ring (bicyclic) bond motifs is 1. The fourth-order valence-corrected chi connectivity index (χ4v) is 2.89. The van der Waals surface area contributed by atoms with E-state index in [1.807, 2.05) is 0 Å². The number of aliphatic carboxylic acids is 1. The van der Waals surface area contributed by atoms with E-state index in [1.54, 1.807) is 0 Å². The summed E-state index contributed by atoms with van der Waals surface area (Å²) in [5.41, 5.74) is -0.519. The second-order valence-electron chi connectivity index (χ2n) is 5.18. The van der Waals surface area contributed by atoms with Gasteiger partial charge in [0.15, 0.2) is 5.65 Å². The van der Waals surface area contributed by atoms with Crippen LogP contribution < -0.4 is 0 Å². The molecular weight excluding hydrogens is 287 g/mol. The summed E-state index contributed by atoms with van der Waals surface area (Å²) in [7, 11) is 0. The SMILES string of the molecule is O=C(O)C1CCCC1c1nnc2ccc(C(F)(F)F)cn12. The van der Waals surface area contributed by atoms with Gasteiger partial charge in [0.1, 0.15) is 5.82 Å². The summed E-state index contributed by atoms with van der Waals surface area (Å²) >= 11 is 0. The van der Waals surface area contributed by atoms with Crippen molar-refractivity contribution in [1.29, 1.82) is 0 Å². The summed E-state index contributed by atoms with van der Waals surface area (Å²) in [5, 5.41) is 16.9. The van der Waals surface area contributed by atoms with Gasteiger partial charge in [0.25, 0.3) is 0 Å². The quantitative estimate of drug-likeness (QED) is 0.926. The minimum Gasteiger partial charge on any atom is -0.481 e. The maximum absolute atomic E-state index is 12.8. The van der Waals surface area contributed by atoms with E-state index in [9.17, 15) is 23.1 Å². The Bertz CT molecular complexity index is 696. The molecule has 0 radical (unpaired) electrons. The zero-order chi connectivity index (χ0) is 15.2. The third-order valence-corrected chi connectivity index (χ3v) is 3.92. The molecule has 1 aliphatic rings. The Kier molecular flexibility index (Phi) is 3.11. The van der Waals surface area contributed by atoms with Crippen molar-refractivity contribution in [2.24, 2.45) is 5.92 Å². The highest BCUT2D eigenvalue weighted by molar-refractivity contribution is 5.71. The largest absolute Gasteiger partial charge is 0.481 e. The topological polar surface area (TPSA) is 67.5 Å². The second kappa shape index (κ2) is 4.71. The van der Waals surface area contributed by atoms with Crippen molar-refractivity contribution in [1.82, 2.24) is 14.6 Å². The van der Waals surface area contributed by atoms with Crippen molar-refractivity contribution < 1.29 is 23.1 Å². The minimum absolute atomic E-state index is 0.286. The molecule has 0 aromatic carbocycles. The van der Waals surface area contributed by atoms with Crippen LogP contribution in [0.5, 0.6) is 0 Å². The van der Waals surface area contributed by atoms with Gasteiger partial charge in [0, 0.05) is 12.1 Å². The lowest BCUT2D eigenvalue weighted by atomic mass is 9.95. The molecule has 1 saturated carbocycles. The molecule has 0 bridgehead atoms. The van der Waals surface area contributed by atoms with E-state index < -0.39 is 29.5 Å². The van der Waals surface area contributed by atoms with Crippen LogP contribution in [0.1, 0.15) is 36.6 Å². The third kappa shape index (κ3) is 2.34. The van der Waals surface area contributed by atoms with Gasteiger partial charge in [0.2, 0.25) is 0 Å². The average Bonchev–Trinajstić information content (AvgIpc) is 3.02. The molecule has 112 valence electrons. The highest BCUT2D eigenvalue weighted by Gasteiger charge is 2.37. The lowest BCUT2D eigenvalue weighted by Gasteiger charge is -2.14. The molecule has 1 aliphatic carbocycles. The Balaban J connectivity index is 2.09. The summed E-state index contributed by atoms with van der Waals surface area (Å²) < 4.78 is 39.6. The van der Waals surface area contributed by atoms with E-state index >= 15 is 0 Å². The van der Waals surface area contributed by atoms with Gasteiger partial charge in [-0.25, -0.2) is 0 Å². The number of pyridine rings is 1. The Morgan fingerprint density at radius 1 is 1.29 bits per heavy atom. The van der Waals surface area contributed by atoms with Crippen molar-refractivity contribution in [3.05, 3.63) is 29.7 Å². The first kappa shape index (κ1) is 13.8. The molecule has 2 aromatic heterocycles. The summed E-state index contributed by atoms with van der Waals surface area (Å²) in [6.45, 7) is 0. The number of nitrogens with zero attached hydrogens (tertiary/aromatic N) is 3. The number of alkyl halides is 3. The van der Waals surface area contributed by atoms with E-state index in [0.717, 1.165) is 18.7 Å². The molecular formula is C13H12F3N3O2. The van der Waals surface area contributed by atoms with Crippen LogP contribution in [0.25, 0.3) is 5.65 Å². The monoisotopic (exact) mass is 299 g/mol. The van der Waals surface area contributed by atoms with E-state index in [1.165, 1.54) is 10.5 Å². The van der Waals surface area contributed by atoms with Crippen molar-refractivity contribution in [2.75, 3.05) is 0 Å². The first-order valence-electron chi connectivity index (χ1n) is 6.52. The molecule has 21 heavy (non-hydrogen) atoms. The van der Waals surface area contributed by atoms with Crippen molar-refractivity contribution in [2.45, 2.75) is 31.4 Å². The molecule has 8 heteroatoms. The summed E-state index contributed by atoms with van der Waals surface area (Å²) in [6.07, 6.45) is -1.71. The molecule has 5 nitrogen and oxygen atoms in total. The number of rotatable bonds is 2. The number of hydrogen-bond acceptors (Lipinski definition) is 3. The summed E-state index contributed by atoms with van der Waals surface area (Å²) in [6, 6.07) is 2.18. The zero-order valence-electron chi connectivity index (χ0n) is 10.8. The van der Waals surface area contributed by atoms with Crippen LogP contribution in [-0.2, 0) is 11.0 Å². The first-order chi connectivity index (χ1) is 9.88. The number of halogens is 3. The van der Waals surface area contributed by atoms with Gasteiger partial charge < -0.3 is 5.11 Å². The Labute approximate surface area is 117 Å². The molecule has 2 unspecified atom stereocenters. The lowest BCUT2D eigenvalue weighted by molar-refractivity contribution is -0.142. The maximum atomic E-state index is 12.8. The molecule has 3 rings (SSSR count). The molecule has 0 amide bonds. The number of aromatic nitrogens is 3. The fourth-order valence-electron chi connectivity index (χ4n) is 2.89. The molecule has 2 heterocycles. The van der Waals surface area contributed by atoms with E-state index in [2.05, 4.69) is 10.2 Å².